The van der Waals surface area contributed by atoms with Crippen molar-refractivity contribution < 1.29 is 4.74 Å². The second-order valence-electron chi connectivity index (χ2n) is 4.17. The Morgan fingerprint density at radius 1 is 1.11 bits per heavy atom. The Labute approximate surface area is 113 Å². The third kappa shape index (κ3) is 3.34. The minimum atomic E-state index is 0.894. The number of methoxy groups -OCH3 is 1. The van der Waals surface area contributed by atoms with Crippen LogP contribution in [0.4, 0.5) is 0 Å². The first-order chi connectivity index (χ1) is 8.83. The predicted octanol–water partition coefficient (Wildman–Crippen LogP) is 3.61. The first kappa shape index (κ1) is 13.1. The van der Waals surface area contributed by atoms with E-state index in [-0.39, 0.29) is 0 Å². The zero-order valence-corrected chi connectivity index (χ0v) is 11.7. The van der Waals surface area contributed by atoms with Crippen molar-refractivity contribution in [1.82, 2.24) is 5.32 Å². The van der Waals surface area contributed by atoms with E-state index >= 15 is 0 Å². The molecule has 0 fully saturated rings. The summed E-state index contributed by atoms with van der Waals surface area (Å²) in [5.41, 5.74) is 2.74. The third-order valence-corrected chi connectivity index (χ3v) is 3.96. The lowest BCUT2D eigenvalue weighted by atomic mass is 10.2. The van der Waals surface area contributed by atoms with Crippen LogP contribution in [0.2, 0.25) is 0 Å². The lowest BCUT2D eigenvalue weighted by Gasteiger charge is -2.06. The first-order valence-corrected chi connectivity index (χ1v) is 7.10. The highest BCUT2D eigenvalue weighted by molar-refractivity contribution is 7.10. The average Bonchev–Trinajstić information content (AvgIpc) is 2.87. The smallest absolute Gasteiger partial charge is 0.118 e. The Balaban J connectivity index is 1.84. The summed E-state index contributed by atoms with van der Waals surface area (Å²) in [7, 11) is 1.69. The molecule has 0 aliphatic carbocycles. The summed E-state index contributed by atoms with van der Waals surface area (Å²) in [5, 5.41) is 5.66. The van der Waals surface area contributed by atoms with Gasteiger partial charge in [-0.1, -0.05) is 19.1 Å². The Morgan fingerprint density at radius 3 is 2.56 bits per heavy atom. The molecule has 0 unspecified atom stereocenters. The lowest BCUT2D eigenvalue weighted by molar-refractivity contribution is 0.414. The summed E-state index contributed by atoms with van der Waals surface area (Å²) in [6.45, 7) is 4.05. The fourth-order valence-corrected chi connectivity index (χ4v) is 2.85. The molecule has 96 valence electrons. The SMILES string of the molecule is CCc1ccsc1CNCc1ccc(OC)cc1. The van der Waals surface area contributed by atoms with Crippen molar-refractivity contribution in [1.29, 1.82) is 0 Å². The Bertz CT molecular complexity index is 475. The van der Waals surface area contributed by atoms with Crippen molar-refractivity contribution in [2.24, 2.45) is 0 Å². The van der Waals surface area contributed by atoms with Gasteiger partial charge in [0, 0.05) is 18.0 Å². The van der Waals surface area contributed by atoms with Gasteiger partial charge < -0.3 is 10.1 Å². The molecule has 1 N–H and O–H groups in total. The van der Waals surface area contributed by atoms with Gasteiger partial charge in [0.25, 0.3) is 0 Å². The van der Waals surface area contributed by atoms with E-state index in [1.807, 2.05) is 23.5 Å². The number of hydrogen-bond acceptors (Lipinski definition) is 3. The van der Waals surface area contributed by atoms with Crippen molar-refractivity contribution in [3.63, 3.8) is 0 Å². The van der Waals surface area contributed by atoms with Crippen LogP contribution in [0.1, 0.15) is 22.9 Å². The number of nitrogens with one attached hydrogen (secondary N) is 1. The third-order valence-electron chi connectivity index (χ3n) is 2.99. The largest absolute Gasteiger partial charge is 0.497 e. The van der Waals surface area contributed by atoms with Crippen LogP contribution in [0.3, 0.4) is 0 Å². The molecule has 0 saturated heterocycles. The number of aryl methyl sites for hydroxylation is 1. The van der Waals surface area contributed by atoms with E-state index in [1.54, 1.807) is 7.11 Å². The number of thiophene rings is 1. The van der Waals surface area contributed by atoms with Crippen molar-refractivity contribution >= 4 is 11.3 Å². The maximum absolute atomic E-state index is 5.14. The molecule has 0 aliphatic rings. The summed E-state index contributed by atoms with van der Waals surface area (Å²) < 4.78 is 5.14. The summed E-state index contributed by atoms with van der Waals surface area (Å²) in [4.78, 5) is 1.45. The van der Waals surface area contributed by atoms with Crippen LogP contribution in [-0.2, 0) is 19.5 Å². The molecule has 0 amide bonds. The molecule has 18 heavy (non-hydrogen) atoms. The molecule has 3 heteroatoms. The normalized spacial score (nSPS) is 10.6. The van der Waals surface area contributed by atoms with Crippen LogP contribution < -0.4 is 10.1 Å². The van der Waals surface area contributed by atoms with E-state index in [9.17, 15) is 0 Å². The number of rotatable bonds is 6. The van der Waals surface area contributed by atoms with Gasteiger partial charge in [0.1, 0.15) is 5.75 Å². The molecular weight excluding hydrogens is 242 g/mol. The molecule has 0 atom stereocenters. The molecule has 0 radical (unpaired) electrons. The van der Waals surface area contributed by atoms with E-state index in [0.29, 0.717) is 0 Å². The van der Waals surface area contributed by atoms with Gasteiger partial charge in [0.2, 0.25) is 0 Å². The lowest BCUT2D eigenvalue weighted by Crippen LogP contribution is -2.12. The standard InChI is InChI=1S/C15H19NOS/c1-3-13-8-9-18-15(13)11-16-10-12-4-6-14(17-2)7-5-12/h4-9,16H,3,10-11H2,1-2H3. The van der Waals surface area contributed by atoms with E-state index in [4.69, 9.17) is 4.74 Å². The zero-order valence-electron chi connectivity index (χ0n) is 10.9. The van der Waals surface area contributed by atoms with Gasteiger partial charge in [-0.3, -0.25) is 0 Å². The second-order valence-corrected chi connectivity index (χ2v) is 5.17. The molecule has 1 heterocycles. The second kappa shape index (κ2) is 6.57. The van der Waals surface area contributed by atoms with E-state index in [0.717, 1.165) is 25.3 Å². The molecule has 1 aromatic heterocycles. The van der Waals surface area contributed by atoms with Crippen LogP contribution in [0.5, 0.6) is 5.75 Å². The van der Waals surface area contributed by atoms with Gasteiger partial charge in [-0.25, -0.2) is 0 Å². The van der Waals surface area contributed by atoms with E-state index in [1.165, 1.54) is 16.0 Å². The predicted molar refractivity (Wildman–Crippen MR) is 77.2 cm³/mol. The molecule has 2 rings (SSSR count). The fraction of sp³-hybridized carbons (Fsp3) is 0.333. The van der Waals surface area contributed by atoms with Crippen LogP contribution in [0, 0.1) is 0 Å². The highest BCUT2D eigenvalue weighted by atomic mass is 32.1. The van der Waals surface area contributed by atoms with Crippen LogP contribution in [-0.4, -0.2) is 7.11 Å². The molecule has 2 nitrogen and oxygen atoms in total. The number of ether oxygens (including phenoxy) is 1. The van der Waals surface area contributed by atoms with Gasteiger partial charge in [-0.2, -0.15) is 0 Å². The van der Waals surface area contributed by atoms with Crippen LogP contribution in [0.25, 0.3) is 0 Å². The van der Waals surface area contributed by atoms with Crippen molar-refractivity contribution in [2.45, 2.75) is 26.4 Å². The van der Waals surface area contributed by atoms with Gasteiger partial charge in [0.05, 0.1) is 7.11 Å². The van der Waals surface area contributed by atoms with Crippen LogP contribution in [0.15, 0.2) is 35.7 Å². The molecule has 0 spiro atoms. The summed E-state index contributed by atoms with van der Waals surface area (Å²) in [5.74, 6) is 0.908. The number of benzene rings is 1. The Kier molecular flexibility index (Phi) is 4.79. The van der Waals surface area contributed by atoms with Crippen molar-refractivity contribution in [3.05, 3.63) is 51.7 Å². The van der Waals surface area contributed by atoms with E-state index in [2.05, 4.69) is 35.8 Å². The van der Waals surface area contributed by atoms with Gasteiger partial charge in [-0.15, -0.1) is 11.3 Å². The molecule has 0 aliphatic heterocycles. The zero-order chi connectivity index (χ0) is 12.8. The highest BCUT2D eigenvalue weighted by Crippen LogP contribution is 2.17. The quantitative estimate of drug-likeness (QED) is 0.857. The summed E-state index contributed by atoms with van der Waals surface area (Å²) in [6.07, 6.45) is 1.11. The maximum Gasteiger partial charge on any atom is 0.118 e. The Hall–Kier alpha value is -1.32. The monoisotopic (exact) mass is 261 g/mol. The molecule has 0 saturated carbocycles. The molecule has 2 aromatic rings. The molecule has 0 bridgehead atoms. The molecular formula is C15H19NOS. The summed E-state index contributed by atoms with van der Waals surface area (Å²) >= 11 is 1.83. The van der Waals surface area contributed by atoms with Crippen LogP contribution >= 0.6 is 11.3 Å². The summed E-state index contributed by atoms with van der Waals surface area (Å²) in [6, 6.07) is 10.4. The highest BCUT2D eigenvalue weighted by Gasteiger charge is 2.01. The fourth-order valence-electron chi connectivity index (χ4n) is 1.90. The average molecular weight is 261 g/mol. The van der Waals surface area contributed by atoms with Gasteiger partial charge in [-0.05, 0) is 41.1 Å². The maximum atomic E-state index is 5.14. The molecule has 1 aromatic carbocycles. The van der Waals surface area contributed by atoms with E-state index < -0.39 is 0 Å². The van der Waals surface area contributed by atoms with Gasteiger partial charge >= 0.3 is 0 Å². The topological polar surface area (TPSA) is 21.3 Å². The van der Waals surface area contributed by atoms with Gasteiger partial charge in [0.15, 0.2) is 0 Å². The van der Waals surface area contributed by atoms with Crippen molar-refractivity contribution in [3.8, 4) is 5.75 Å². The minimum Gasteiger partial charge on any atom is -0.497 e. The van der Waals surface area contributed by atoms with Crippen molar-refractivity contribution in [2.75, 3.05) is 7.11 Å². The minimum absolute atomic E-state index is 0.894. The first-order valence-electron chi connectivity index (χ1n) is 6.22. The Morgan fingerprint density at radius 2 is 1.89 bits per heavy atom. The number of hydrogen-bond donors (Lipinski definition) is 1.